The van der Waals surface area contributed by atoms with Gasteiger partial charge in [0.2, 0.25) is 0 Å². The molecule has 0 aliphatic rings. The van der Waals surface area contributed by atoms with E-state index in [0.717, 1.165) is 12.2 Å². The Hall–Kier alpha value is -1.06. The summed E-state index contributed by atoms with van der Waals surface area (Å²) in [6, 6.07) is 7.03. The van der Waals surface area contributed by atoms with E-state index in [-0.39, 0.29) is 6.04 Å². The molecule has 1 unspecified atom stereocenters. The minimum absolute atomic E-state index is 0.200. The Kier molecular flexibility index (Phi) is 5.63. The number of hydrogen-bond donors (Lipinski definition) is 1. The average Bonchev–Trinajstić information content (AvgIpc) is 2.39. The topological polar surface area (TPSA) is 38.5 Å². The van der Waals surface area contributed by atoms with Crippen LogP contribution in [0.5, 0.6) is 5.75 Å². The van der Waals surface area contributed by atoms with Crippen LogP contribution in [0.1, 0.15) is 37.9 Å². The van der Waals surface area contributed by atoms with Gasteiger partial charge < -0.3 is 10.5 Å². The molecule has 0 saturated carbocycles. The van der Waals surface area contributed by atoms with E-state index in [1.54, 1.807) is 7.11 Å². The van der Waals surface area contributed by atoms with Crippen molar-refractivity contribution < 1.29 is 4.74 Å². The number of nitrogens with zero attached hydrogens (tertiary/aromatic N) is 1. The van der Waals surface area contributed by atoms with Gasteiger partial charge in [-0.3, -0.25) is 4.90 Å². The van der Waals surface area contributed by atoms with Gasteiger partial charge in [-0.15, -0.1) is 0 Å². The van der Waals surface area contributed by atoms with Gasteiger partial charge in [-0.05, 0) is 38.9 Å². The monoisotopic (exact) mass is 250 g/mol. The molecule has 0 spiro atoms. The predicted molar refractivity (Wildman–Crippen MR) is 77.1 cm³/mol. The first-order valence-electron chi connectivity index (χ1n) is 6.63. The van der Waals surface area contributed by atoms with E-state index < -0.39 is 0 Å². The SMILES string of the molecule is CCc1ccc(OC)c(C(CN)N(C)C(C)C)c1. The Morgan fingerprint density at radius 2 is 2.00 bits per heavy atom. The standard InChI is InChI=1S/C15H26N2O/c1-6-12-7-8-15(18-5)13(9-12)14(10-16)17(4)11(2)3/h7-9,11,14H,6,10,16H2,1-5H3. The molecule has 1 rings (SSSR count). The van der Waals surface area contributed by atoms with Gasteiger partial charge in [-0.25, -0.2) is 0 Å². The molecule has 0 saturated heterocycles. The second-order valence-corrected chi connectivity index (χ2v) is 4.94. The molecule has 0 aliphatic carbocycles. The first-order valence-corrected chi connectivity index (χ1v) is 6.63. The molecule has 1 aromatic rings. The lowest BCUT2D eigenvalue weighted by molar-refractivity contribution is 0.197. The van der Waals surface area contributed by atoms with Crippen molar-refractivity contribution in [3.05, 3.63) is 29.3 Å². The number of nitrogens with two attached hydrogens (primary N) is 1. The third kappa shape index (κ3) is 3.24. The van der Waals surface area contributed by atoms with Crippen LogP contribution in [0.2, 0.25) is 0 Å². The van der Waals surface area contributed by atoms with Gasteiger partial charge in [0.15, 0.2) is 0 Å². The summed E-state index contributed by atoms with van der Waals surface area (Å²) in [6.07, 6.45) is 1.03. The molecule has 0 fully saturated rings. The zero-order valence-electron chi connectivity index (χ0n) is 12.2. The van der Waals surface area contributed by atoms with Crippen molar-refractivity contribution in [3.8, 4) is 5.75 Å². The van der Waals surface area contributed by atoms with Gasteiger partial charge in [0, 0.05) is 18.2 Å². The Morgan fingerprint density at radius 3 is 2.44 bits per heavy atom. The van der Waals surface area contributed by atoms with Crippen LogP contribution in [0.4, 0.5) is 0 Å². The molecule has 1 aromatic carbocycles. The first kappa shape index (κ1) is 15.0. The van der Waals surface area contributed by atoms with Crippen molar-refractivity contribution >= 4 is 0 Å². The number of ether oxygens (including phenoxy) is 1. The zero-order chi connectivity index (χ0) is 13.7. The Bertz CT molecular complexity index is 377. The maximum absolute atomic E-state index is 5.96. The maximum Gasteiger partial charge on any atom is 0.123 e. The van der Waals surface area contributed by atoms with E-state index in [2.05, 4.69) is 44.9 Å². The molecule has 0 bridgehead atoms. The fourth-order valence-corrected chi connectivity index (χ4v) is 2.14. The normalized spacial score (nSPS) is 13.1. The van der Waals surface area contributed by atoms with Gasteiger partial charge in [-0.2, -0.15) is 0 Å². The van der Waals surface area contributed by atoms with Gasteiger partial charge in [0.05, 0.1) is 13.2 Å². The quantitative estimate of drug-likeness (QED) is 0.843. The van der Waals surface area contributed by atoms with Gasteiger partial charge in [-0.1, -0.05) is 19.1 Å². The molecule has 18 heavy (non-hydrogen) atoms. The largest absolute Gasteiger partial charge is 0.496 e. The third-order valence-electron chi connectivity index (χ3n) is 3.59. The number of methoxy groups -OCH3 is 1. The maximum atomic E-state index is 5.96. The fraction of sp³-hybridized carbons (Fsp3) is 0.600. The smallest absolute Gasteiger partial charge is 0.123 e. The van der Waals surface area contributed by atoms with Gasteiger partial charge in [0.1, 0.15) is 5.75 Å². The van der Waals surface area contributed by atoms with Crippen LogP contribution in [0.25, 0.3) is 0 Å². The number of likely N-dealkylation sites (N-methyl/N-ethyl adjacent to an activating group) is 1. The molecule has 3 nitrogen and oxygen atoms in total. The molecule has 3 heteroatoms. The van der Waals surface area contributed by atoms with E-state index in [1.165, 1.54) is 11.1 Å². The van der Waals surface area contributed by atoms with Crippen molar-refractivity contribution in [1.29, 1.82) is 0 Å². The van der Waals surface area contributed by atoms with E-state index in [4.69, 9.17) is 10.5 Å². The average molecular weight is 250 g/mol. The summed E-state index contributed by atoms with van der Waals surface area (Å²) in [5.74, 6) is 0.926. The molecule has 0 aromatic heterocycles. The molecule has 0 radical (unpaired) electrons. The highest BCUT2D eigenvalue weighted by Gasteiger charge is 2.21. The van der Waals surface area contributed by atoms with Crippen LogP contribution in [-0.2, 0) is 6.42 Å². The minimum Gasteiger partial charge on any atom is -0.496 e. The predicted octanol–water partition coefficient (Wildman–Crippen LogP) is 2.60. The molecule has 2 N–H and O–H groups in total. The Balaban J connectivity index is 3.17. The highest BCUT2D eigenvalue weighted by atomic mass is 16.5. The second kappa shape index (κ2) is 6.76. The first-order chi connectivity index (χ1) is 8.54. The van der Waals surface area contributed by atoms with Crippen molar-refractivity contribution in [3.63, 3.8) is 0 Å². The van der Waals surface area contributed by atoms with Crippen LogP contribution in [0.15, 0.2) is 18.2 Å². The molecule has 102 valence electrons. The molecular weight excluding hydrogens is 224 g/mol. The van der Waals surface area contributed by atoms with Crippen LogP contribution in [-0.4, -0.2) is 31.6 Å². The summed E-state index contributed by atoms with van der Waals surface area (Å²) in [7, 11) is 3.83. The second-order valence-electron chi connectivity index (χ2n) is 4.94. The highest BCUT2D eigenvalue weighted by molar-refractivity contribution is 5.40. The van der Waals surface area contributed by atoms with Crippen LogP contribution in [0.3, 0.4) is 0 Å². The van der Waals surface area contributed by atoms with Crippen LogP contribution < -0.4 is 10.5 Å². The summed E-state index contributed by atoms with van der Waals surface area (Å²) in [5, 5.41) is 0. The number of aryl methyl sites for hydroxylation is 1. The van der Waals surface area contributed by atoms with Crippen molar-refractivity contribution in [1.82, 2.24) is 4.90 Å². The van der Waals surface area contributed by atoms with Crippen LogP contribution in [0, 0.1) is 0 Å². The highest BCUT2D eigenvalue weighted by Crippen LogP contribution is 2.30. The molecule has 1 atom stereocenters. The van der Waals surface area contributed by atoms with Crippen molar-refractivity contribution in [2.45, 2.75) is 39.3 Å². The molecule has 0 aliphatic heterocycles. The Labute approximate surface area is 111 Å². The third-order valence-corrected chi connectivity index (χ3v) is 3.59. The summed E-state index contributed by atoms with van der Waals surface area (Å²) < 4.78 is 5.48. The molecule has 0 heterocycles. The Morgan fingerprint density at radius 1 is 1.33 bits per heavy atom. The summed E-state index contributed by atoms with van der Waals surface area (Å²) >= 11 is 0. The van der Waals surface area contributed by atoms with Gasteiger partial charge in [0.25, 0.3) is 0 Å². The van der Waals surface area contributed by atoms with E-state index in [0.29, 0.717) is 12.6 Å². The number of hydrogen-bond acceptors (Lipinski definition) is 3. The van der Waals surface area contributed by atoms with E-state index in [9.17, 15) is 0 Å². The van der Waals surface area contributed by atoms with E-state index in [1.807, 2.05) is 6.07 Å². The van der Waals surface area contributed by atoms with Gasteiger partial charge >= 0.3 is 0 Å². The van der Waals surface area contributed by atoms with Crippen molar-refractivity contribution in [2.24, 2.45) is 5.73 Å². The number of rotatable bonds is 6. The minimum atomic E-state index is 0.200. The summed E-state index contributed by atoms with van der Waals surface area (Å²) in [6.45, 7) is 7.12. The van der Waals surface area contributed by atoms with Crippen LogP contribution >= 0.6 is 0 Å². The molecular formula is C15H26N2O. The lowest BCUT2D eigenvalue weighted by atomic mass is 9.99. The van der Waals surface area contributed by atoms with E-state index >= 15 is 0 Å². The summed E-state index contributed by atoms with van der Waals surface area (Å²) in [4.78, 5) is 2.29. The lowest BCUT2D eigenvalue weighted by Crippen LogP contribution is -2.35. The summed E-state index contributed by atoms with van der Waals surface area (Å²) in [5.41, 5.74) is 8.47. The zero-order valence-corrected chi connectivity index (χ0v) is 12.2. The van der Waals surface area contributed by atoms with Crippen molar-refractivity contribution in [2.75, 3.05) is 20.7 Å². The number of benzene rings is 1. The fourth-order valence-electron chi connectivity index (χ4n) is 2.14. The molecule has 0 amide bonds. The lowest BCUT2D eigenvalue weighted by Gasteiger charge is -2.32.